The molecule has 200 valence electrons. The third-order valence-electron chi connectivity index (χ3n) is 10.0. The molecule has 3 aliphatic heterocycles. The van der Waals surface area contributed by atoms with Crippen molar-refractivity contribution < 1.29 is 19.0 Å². The van der Waals surface area contributed by atoms with Gasteiger partial charge in [0.15, 0.2) is 10.7 Å². The van der Waals surface area contributed by atoms with Crippen molar-refractivity contribution in [2.75, 3.05) is 32.6 Å². The van der Waals surface area contributed by atoms with Crippen LogP contribution >= 0.6 is 11.8 Å². The molecule has 37 heavy (non-hydrogen) atoms. The van der Waals surface area contributed by atoms with Crippen LogP contribution in [0.4, 0.5) is 0 Å². The fraction of sp³-hybridized carbons (Fsp3) is 0.733. The van der Waals surface area contributed by atoms with E-state index >= 15 is 0 Å². The van der Waals surface area contributed by atoms with Gasteiger partial charge in [-0.1, -0.05) is 42.8 Å². The Hall–Kier alpha value is -1.41. The van der Waals surface area contributed by atoms with Crippen LogP contribution in [0.3, 0.4) is 0 Å². The van der Waals surface area contributed by atoms with Gasteiger partial charge in [0.2, 0.25) is 0 Å². The average Bonchev–Trinajstić information content (AvgIpc) is 3.60. The lowest BCUT2D eigenvalue weighted by Gasteiger charge is -2.45. The quantitative estimate of drug-likeness (QED) is 0.486. The van der Waals surface area contributed by atoms with Gasteiger partial charge in [-0.15, -0.1) is 0 Å². The summed E-state index contributed by atoms with van der Waals surface area (Å²) in [6.45, 7) is 2.26. The summed E-state index contributed by atoms with van der Waals surface area (Å²) in [6, 6.07) is 7.02. The molecule has 1 aromatic carbocycles. The molecule has 1 amide bonds. The highest BCUT2D eigenvalue weighted by Gasteiger charge is 2.67. The van der Waals surface area contributed by atoms with Crippen LogP contribution in [0.25, 0.3) is 0 Å². The minimum absolute atomic E-state index is 0.121. The maximum absolute atomic E-state index is 14.8. The Bertz CT molecular complexity index is 1070. The summed E-state index contributed by atoms with van der Waals surface area (Å²) in [4.78, 5) is 22.3. The largest absolute Gasteiger partial charge is 0.381 e. The van der Waals surface area contributed by atoms with Crippen LogP contribution < -0.4 is 0 Å². The number of hydrogen-bond acceptors (Lipinski definition) is 6. The molecule has 1 aromatic rings. The van der Waals surface area contributed by atoms with Crippen LogP contribution in [0.2, 0.25) is 0 Å². The molecule has 0 N–H and O–H groups in total. The number of carbonyl (C=O) groups excluding carboxylic acids is 1. The van der Waals surface area contributed by atoms with E-state index < -0.39 is 5.54 Å². The molecule has 7 heteroatoms. The molecule has 0 aromatic heterocycles. The van der Waals surface area contributed by atoms with E-state index in [4.69, 9.17) is 19.2 Å². The van der Waals surface area contributed by atoms with Crippen molar-refractivity contribution >= 4 is 22.8 Å². The van der Waals surface area contributed by atoms with Crippen LogP contribution in [0.1, 0.15) is 74.5 Å². The molecule has 0 bridgehead atoms. The zero-order chi connectivity index (χ0) is 25.0. The number of nitrogens with zero attached hydrogens (tertiary/aromatic N) is 2. The van der Waals surface area contributed by atoms with E-state index in [2.05, 4.69) is 18.2 Å². The molecule has 2 spiro atoms. The van der Waals surface area contributed by atoms with Crippen molar-refractivity contribution in [3.8, 4) is 0 Å². The number of thioether (sulfide) groups is 1. The van der Waals surface area contributed by atoms with E-state index in [-0.39, 0.29) is 29.6 Å². The Morgan fingerprint density at radius 3 is 2.49 bits per heavy atom. The first-order valence-electron chi connectivity index (χ1n) is 14.5. The molecular weight excluding hydrogens is 484 g/mol. The van der Waals surface area contributed by atoms with E-state index in [9.17, 15) is 4.79 Å². The monoisotopic (exact) mass is 524 g/mol. The first-order chi connectivity index (χ1) is 18.1. The number of rotatable bonds is 8. The van der Waals surface area contributed by atoms with Gasteiger partial charge in [0, 0.05) is 31.5 Å². The predicted molar refractivity (Wildman–Crippen MR) is 145 cm³/mol. The lowest BCUT2D eigenvalue weighted by atomic mass is 9.61. The van der Waals surface area contributed by atoms with Gasteiger partial charge in [-0.2, -0.15) is 0 Å². The molecule has 7 rings (SSSR count). The number of methoxy groups -OCH3 is 1. The summed E-state index contributed by atoms with van der Waals surface area (Å²) >= 11 is 1.72. The Kier molecular flexibility index (Phi) is 6.42. The first kappa shape index (κ1) is 24.6. The second-order valence-electron chi connectivity index (χ2n) is 12.3. The molecule has 3 heterocycles. The van der Waals surface area contributed by atoms with Crippen molar-refractivity contribution in [1.29, 1.82) is 0 Å². The number of aliphatic imine (C=N–C) groups is 1. The van der Waals surface area contributed by atoms with Crippen molar-refractivity contribution in [2.24, 2.45) is 16.3 Å². The Balaban J connectivity index is 1.28. The molecular formula is C30H40N2O4S. The second-order valence-corrected chi connectivity index (χ2v) is 13.2. The standard InChI is InChI=1S/C30H40N2O4S/c1-34-23-8-12-29(13-9-23)17-22-7-6-21(5-4-20-2-3-20)16-26(22)30(29)27(33)32(18-24-10-14-35-24)28(31-30)37-19-25-11-15-36-25/h6-7,16,20,23-25H,2-5,8-15,17-19H2,1H3. The minimum atomic E-state index is -0.816. The van der Waals surface area contributed by atoms with Gasteiger partial charge in [0.1, 0.15) is 0 Å². The van der Waals surface area contributed by atoms with Gasteiger partial charge in [-0.3, -0.25) is 9.69 Å². The van der Waals surface area contributed by atoms with E-state index in [1.54, 1.807) is 11.8 Å². The molecule has 3 atom stereocenters. The molecule has 3 unspecified atom stereocenters. The zero-order valence-corrected chi connectivity index (χ0v) is 22.9. The molecule has 2 saturated heterocycles. The van der Waals surface area contributed by atoms with E-state index in [1.165, 1.54) is 36.0 Å². The highest BCUT2D eigenvalue weighted by molar-refractivity contribution is 8.13. The lowest BCUT2D eigenvalue weighted by molar-refractivity contribution is -0.141. The maximum Gasteiger partial charge on any atom is 0.261 e. The average molecular weight is 525 g/mol. The summed E-state index contributed by atoms with van der Waals surface area (Å²) in [5, 5.41) is 0.889. The fourth-order valence-electron chi connectivity index (χ4n) is 7.29. The highest BCUT2D eigenvalue weighted by atomic mass is 32.2. The van der Waals surface area contributed by atoms with Crippen molar-refractivity contribution in [3.63, 3.8) is 0 Å². The molecule has 0 radical (unpaired) electrons. The number of amides is 1. The summed E-state index contributed by atoms with van der Waals surface area (Å²) in [5.41, 5.74) is 2.90. The van der Waals surface area contributed by atoms with Crippen molar-refractivity contribution in [1.82, 2.24) is 4.90 Å². The Labute approximate surface area is 224 Å². The molecule has 2 saturated carbocycles. The molecule has 6 nitrogen and oxygen atoms in total. The van der Waals surface area contributed by atoms with Crippen LogP contribution in [0.15, 0.2) is 23.2 Å². The number of carbonyl (C=O) groups is 1. The smallest absolute Gasteiger partial charge is 0.261 e. The number of amidine groups is 1. The summed E-state index contributed by atoms with van der Waals surface area (Å²) < 4.78 is 17.3. The highest BCUT2D eigenvalue weighted by Crippen LogP contribution is 2.62. The summed E-state index contributed by atoms with van der Waals surface area (Å²) in [5.74, 6) is 1.95. The van der Waals surface area contributed by atoms with Gasteiger partial charge < -0.3 is 14.2 Å². The van der Waals surface area contributed by atoms with E-state index in [0.29, 0.717) is 6.54 Å². The van der Waals surface area contributed by atoms with Gasteiger partial charge in [0.05, 0.1) is 24.9 Å². The summed E-state index contributed by atoms with van der Waals surface area (Å²) in [6.07, 6.45) is 12.8. The second kappa shape index (κ2) is 9.65. The van der Waals surface area contributed by atoms with Crippen LogP contribution in [-0.2, 0) is 37.4 Å². The molecule has 3 aliphatic carbocycles. The molecule has 6 aliphatic rings. The molecule has 4 fully saturated rings. The summed E-state index contributed by atoms with van der Waals surface area (Å²) in [7, 11) is 1.82. The van der Waals surface area contributed by atoms with E-state index in [1.807, 2.05) is 12.0 Å². The number of hydrogen-bond donors (Lipinski definition) is 0. The van der Waals surface area contributed by atoms with Crippen LogP contribution in [0.5, 0.6) is 0 Å². The Morgan fingerprint density at radius 2 is 1.84 bits per heavy atom. The fourth-order valence-corrected chi connectivity index (χ4v) is 8.40. The third kappa shape index (κ3) is 4.19. The van der Waals surface area contributed by atoms with Crippen LogP contribution in [0, 0.1) is 11.3 Å². The van der Waals surface area contributed by atoms with Gasteiger partial charge in [0.25, 0.3) is 5.91 Å². The van der Waals surface area contributed by atoms with Crippen molar-refractivity contribution in [3.05, 3.63) is 34.9 Å². The Morgan fingerprint density at radius 1 is 1.08 bits per heavy atom. The van der Waals surface area contributed by atoms with Crippen LogP contribution in [-0.4, -0.2) is 66.9 Å². The van der Waals surface area contributed by atoms with Crippen molar-refractivity contribution in [2.45, 2.75) is 94.5 Å². The maximum atomic E-state index is 14.8. The third-order valence-corrected chi connectivity index (χ3v) is 11.2. The SMILES string of the molecule is COC1CCC2(CC1)Cc1ccc(CCC3CC3)cc1C21N=C(SCC2CCO2)N(CC2CCO2)C1=O. The predicted octanol–water partition coefficient (Wildman–Crippen LogP) is 4.87. The van der Waals surface area contributed by atoms with Gasteiger partial charge >= 0.3 is 0 Å². The lowest BCUT2D eigenvalue weighted by Crippen LogP contribution is -2.53. The normalized spacial score (nSPS) is 36.6. The number of ether oxygens (including phenoxy) is 3. The first-order valence-corrected chi connectivity index (χ1v) is 15.5. The van der Waals surface area contributed by atoms with E-state index in [0.717, 1.165) is 81.4 Å². The number of benzene rings is 1. The van der Waals surface area contributed by atoms with Gasteiger partial charge in [-0.25, -0.2) is 4.99 Å². The van der Waals surface area contributed by atoms with Gasteiger partial charge in [-0.05, 0) is 80.4 Å². The topological polar surface area (TPSA) is 60.4 Å². The zero-order valence-electron chi connectivity index (χ0n) is 22.1. The minimum Gasteiger partial charge on any atom is -0.381 e. The number of fused-ring (bicyclic) bond motifs is 3. The number of aryl methyl sites for hydroxylation is 1.